The lowest BCUT2D eigenvalue weighted by atomic mass is 10.0. The van der Waals surface area contributed by atoms with Crippen LogP contribution in [0.4, 0.5) is 0 Å². The number of aliphatic hydroxyl groups excluding tert-OH is 1. The van der Waals surface area contributed by atoms with Gasteiger partial charge in [0.1, 0.15) is 0 Å². The van der Waals surface area contributed by atoms with Crippen molar-refractivity contribution in [1.82, 2.24) is 4.72 Å². The summed E-state index contributed by atoms with van der Waals surface area (Å²) in [6.45, 7) is 3.75. The molecule has 0 aliphatic heterocycles. The fourth-order valence-corrected chi connectivity index (χ4v) is 3.67. The molecular formula is C12H17BrClNO3S. The number of rotatable bonds is 6. The number of aliphatic hydroxyl groups is 1. The molecule has 0 saturated heterocycles. The van der Waals surface area contributed by atoms with E-state index in [4.69, 9.17) is 16.7 Å². The minimum absolute atomic E-state index is 0.0598. The zero-order valence-corrected chi connectivity index (χ0v) is 13.9. The van der Waals surface area contributed by atoms with E-state index in [-0.39, 0.29) is 23.5 Å². The second kappa shape index (κ2) is 7.04. The molecule has 0 aliphatic rings. The summed E-state index contributed by atoms with van der Waals surface area (Å²) in [6.07, 6.45) is 0.381. The van der Waals surface area contributed by atoms with E-state index in [0.717, 1.165) is 0 Å². The Bertz CT molecular complexity index is 534. The molecule has 1 aromatic rings. The second-order valence-corrected chi connectivity index (χ2v) is 7.54. The molecular weight excluding hydrogens is 354 g/mol. The molecule has 1 atom stereocenters. The predicted octanol–water partition coefficient (Wildman–Crippen LogP) is 2.79. The third kappa shape index (κ3) is 4.72. The Morgan fingerprint density at radius 3 is 2.53 bits per heavy atom. The van der Waals surface area contributed by atoms with Gasteiger partial charge in [-0.05, 0) is 46.5 Å². The fraction of sp³-hybridized carbons (Fsp3) is 0.500. The maximum atomic E-state index is 12.2. The van der Waals surface area contributed by atoms with Crippen LogP contribution in [-0.4, -0.2) is 26.2 Å². The van der Waals surface area contributed by atoms with Crippen molar-refractivity contribution in [3.8, 4) is 0 Å². The summed E-state index contributed by atoms with van der Waals surface area (Å²) in [6, 6.07) is 4.13. The van der Waals surface area contributed by atoms with Crippen LogP contribution in [0.2, 0.25) is 5.02 Å². The van der Waals surface area contributed by atoms with Crippen LogP contribution >= 0.6 is 27.5 Å². The van der Waals surface area contributed by atoms with Gasteiger partial charge in [-0.1, -0.05) is 25.4 Å². The van der Waals surface area contributed by atoms with E-state index in [1.807, 2.05) is 13.8 Å². The third-order valence-electron chi connectivity index (χ3n) is 2.75. The van der Waals surface area contributed by atoms with Crippen molar-refractivity contribution in [2.24, 2.45) is 5.92 Å². The van der Waals surface area contributed by atoms with Gasteiger partial charge in [-0.25, -0.2) is 13.1 Å². The molecule has 19 heavy (non-hydrogen) atoms. The molecule has 0 amide bonds. The maximum absolute atomic E-state index is 12.2. The van der Waals surface area contributed by atoms with E-state index >= 15 is 0 Å². The van der Waals surface area contributed by atoms with Crippen LogP contribution in [0.15, 0.2) is 27.6 Å². The zero-order valence-electron chi connectivity index (χ0n) is 10.7. The number of sulfonamides is 1. The van der Waals surface area contributed by atoms with Gasteiger partial charge in [0.2, 0.25) is 10.0 Å². The Balaban J connectivity index is 2.99. The molecule has 108 valence electrons. The van der Waals surface area contributed by atoms with Crippen molar-refractivity contribution in [2.45, 2.75) is 31.2 Å². The van der Waals surface area contributed by atoms with Crippen LogP contribution in [0.3, 0.4) is 0 Å². The first-order chi connectivity index (χ1) is 8.77. The standard InChI is InChI=1S/C12H17BrClNO3S/c1-8(2)12(5-6-16)15-19(17,18)9-3-4-11(14)10(13)7-9/h3-4,7-8,12,15-16H,5-6H2,1-2H3. The van der Waals surface area contributed by atoms with Crippen LogP contribution in [0, 0.1) is 5.92 Å². The lowest BCUT2D eigenvalue weighted by Gasteiger charge is -2.21. The highest BCUT2D eigenvalue weighted by Crippen LogP contribution is 2.25. The molecule has 0 saturated carbocycles. The molecule has 0 fully saturated rings. The summed E-state index contributed by atoms with van der Waals surface area (Å²) in [4.78, 5) is 0.146. The topological polar surface area (TPSA) is 66.4 Å². The SMILES string of the molecule is CC(C)C(CCO)NS(=O)(=O)c1ccc(Cl)c(Br)c1. The van der Waals surface area contributed by atoms with Crippen molar-refractivity contribution in [2.75, 3.05) is 6.61 Å². The Kier molecular flexibility index (Phi) is 6.26. The zero-order chi connectivity index (χ0) is 14.6. The molecule has 2 N–H and O–H groups in total. The first-order valence-electron chi connectivity index (χ1n) is 5.86. The summed E-state index contributed by atoms with van der Waals surface area (Å²) in [5, 5.41) is 9.43. The Morgan fingerprint density at radius 1 is 1.42 bits per heavy atom. The highest BCUT2D eigenvalue weighted by atomic mass is 79.9. The van der Waals surface area contributed by atoms with Crippen LogP contribution in [0.1, 0.15) is 20.3 Å². The van der Waals surface area contributed by atoms with Gasteiger partial charge in [0, 0.05) is 17.1 Å². The quantitative estimate of drug-likeness (QED) is 0.809. The summed E-state index contributed by atoms with van der Waals surface area (Å²) < 4.78 is 27.6. The van der Waals surface area contributed by atoms with Gasteiger partial charge in [-0.2, -0.15) is 0 Å². The van der Waals surface area contributed by atoms with Crippen molar-refractivity contribution >= 4 is 37.6 Å². The van der Waals surface area contributed by atoms with Crippen LogP contribution in [-0.2, 0) is 10.0 Å². The lowest BCUT2D eigenvalue weighted by Crippen LogP contribution is -2.39. The van der Waals surface area contributed by atoms with E-state index in [1.54, 1.807) is 0 Å². The summed E-state index contributed by atoms with van der Waals surface area (Å²) >= 11 is 9.04. The highest BCUT2D eigenvalue weighted by Gasteiger charge is 2.22. The number of halogens is 2. The first-order valence-corrected chi connectivity index (χ1v) is 8.51. The minimum atomic E-state index is -3.62. The molecule has 1 rings (SSSR count). The van der Waals surface area contributed by atoms with Crippen LogP contribution in [0.5, 0.6) is 0 Å². The van der Waals surface area contributed by atoms with E-state index < -0.39 is 10.0 Å². The number of hydrogen-bond acceptors (Lipinski definition) is 3. The summed E-state index contributed by atoms with van der Waals surface area (Å²) in [7, 11) is -3.62. The Hall–Kier alpha value is -0.140. The molecule has 0 aromatic heterocycles. The van der Waals surface area contributed by atoms with Gasteiger partial charge in [0.05, 0.1) is 9.92 Å². The number of nitrogens with one attached hydrogen (secondary N) is 1. The van der Waals surface area contributed by atoms with Crippen molar-refractivity contribution in [3.63, 3.8) is 0 Å². The van der Waals surface area contributed by atoms with E-state index in [1.165, 1.54) is 18.2 Å². The second-order valence-electron chi connectivity index (χ2n) is 4.56. The van der Waals surface area contributed by atoms with Gasteiger partial charge in [0.25, 0.3) is 0 Å². The van der Waals surface area contributed by atoms with Gasteiger partial charge in [0.15, 0.2) is 0 Å². The Morgan fingerprint density at radius 2 is 2.05 bits per heavy atom. The largest absolute Gasteiger partial charge is 0.396 e. The molecule has 0 radical (unpaired) electrons. The molecule has 7 heteroatoms. The highest BCUT2D eigenvalue weighted by molar-refractivity contribution is 9.10. The van der Waals surface area contributed by atoms with Gasteiger partial charge in [-0.3, -0.25) is 0 Å². The average molecular weight is 371 g/mol. The molecule has 1 aromatic carbocycles. The Labute approximate surface area is 127 Å². The van der Waals surface area contributed by atoms with Crippen molar-refractivity contribution in [1.29, 1.82) is 0 Å². The first kappa shape index (κ1) is 16.9. The summed E-state index contributed by atoms with van der Waals surface area (Å²) in [5.74, 6) is 0.0951. The van der Waals surface area contributed by atoms with Gasteiger partial charge in [-0.15, -0.1) is 0 Å². The maximum Gasteiger partial charge on any atom is 0.240 e. The lowest BCUT2D eigenvalue weighted by molar-refractivity contribution is 0.256. The average Bonchev–Trinajstić information content (AvgIpc) is 2.31. The number of hydrogen-bond donors (Lipinski definition) is 2. The molecule has 1 unspecified atom stereocenters. The van der Waals surface area contributed by atoms with E-state index in [2.05, 4.69) is 20.7 Å². The van der Waals surface area contributed by atoms with Crippen LogP contribution in [0.25, 0.3) is 0 Å². The van der Waals surface area contributed by atoms with Gasteiger partial charge < -0.3 is 5.11 Å². The molecule has 0 aliphatic carbocycles. The molecule has 0 heterocycles. The monoisotopic (exact) mass is 369 g/mol. The summed E-state index contributed by atoms with van der Waals surface area (Å²) in [5.41, 5.74) is 0. The smallest absolute Gasteiger partial charge is 0.240 e. The predicted molar refractivity (Wildman–Crippen MR) is 79.8 cm³/mol. The van der Waals surface area contributed by atoms with E-state index in [0.29, 0.717) is 15.9 Å². The normalized spacial score (nSPS) is 13.8. The molecule has 0 spiro atoms. The van der Waals surface area contributed by atoms with Crippen LogP contribution < -0.4 is 4.72 Å². The van der Waals surface area contributed by atoms with E-state index in [9.17, 15) is 8.42 Å². The molecule has 4 nitrogen and oxygen atoms in total. The molecule has 0 bridgehead atoms. The fourth-order valence-electron chi connectivity index (χ4n) is 1.58. The van der Waals surface area contributed by atoms with Crippen molar-refractivity contribution < 1.29 is 13.5 Å². The van der Waals surface area contributed by atoms with Crippen molar-refractivity contribution in [3.05, 3.63) is 27.7 Å². The minimum Gasteiger partial charge on any atom is -0.396 e. The number of benzene rings is 1. The third-order valence-corrected chi connectivity index (χ3v) is 5.45. The van der Waals surface area contributed by atoms with Gasteiger partial charge >= 0.3 is 0 Å².